The van der Waals surface area contributed by atoms with Crippen molar-refractivity contribution >= 4 is 17.9 Å². The number of likely N-dealkylation sites (N-methyl/N-ethyl adjacent to an activating group) is 1. The number of carboxylic acids is 1. The number of hydrogen-bond donors (Lipinski definition) is 0. The summed E-state index contributed by atoms with van der Waals surface area (Å²) in [6, 6.07) is 0. The topological polar surface area (TPSA) is 111 Å². The minimum atomic E-state index is -1.62. The maximum atomic E-state index is 12.8. The van der Waals surface area contributed by atoms with Crippen LogP contribution < -0.4 is 5.11 Å². The van der Waals surface area contributed by atoms with E-state index in [9.17, 15) is 19.5 Å². The van der Waals surface area contributed by atoms with E-state index in [1.807, 2.05) is 21.1 Å². The van der Waals surface area contributed by atoms with Gasteiger partial charge in [-0.3, -0.25) is 9.59 Å². The molecule has 0 saturated carbocycles. The Kier molecular flexibility index (Phi) is 49.6. The number of carbonyl (C=O) groups is 3. The molecule has 0 radical (unpaired) electrons. The van der Waals surface area contributed by atoms with Crippen LogP contribution in [0.15, 0.2) is 72.9 Å². The van der Waals surface area contributed by atoms with E-state index >= 15 is 0 Å². The van der Waals surface area contributed by atoms with Gasteiger partial charge in [0.2, 0.25) is 0 Å². The van der Waals surface area contributed by atoms with E-state index in [1.165, 1.54) is 135 Å². The molecule has 0 rings (SSSR count). The van der Waals surface area contributed by atoms with Gasteiger partial charge in [-0.2, -0.15) is 0 Å². The molecule has 0 aromatic heterocycles. The molecular weight excluding hydrogens is 875 g/mol. The third-order valence-electron chi connectivity index (χ3n) is 12.2. The van der Waals surface area contributed by atoms with Gasteiger partial charge in [-0.25, -0.2) is 0 Å². The summed E-state index contributed by atoms with van der Waals surface area (Å²) in [5, 5.41) is 11.7. The molecule has 0 aliphatic heterocycles. The predicted molar refractivity (Wildman–Crippen MR) is 292 cm³/mol. The molecule has 0 aliphatic rings. The molecule has 0 spiro atoms. The van der Waals surface area contributed by atoms with Gasteiger partial charge in [0.25, 0.3) is 0 Å². The number of unbranched alkanes of at least 4 members (excludes halogenated alkanes) is 25. The number of allylic oxidation sites excluding steroid dienone is 12. The molecule has 2 unspecified atom stereocenters. The molecule has 9 nitrogen and oxygen atoms in total. The molecule has 70 heavy (non-hydrogen) atoms. The normalized spacial score (nSPS) is 13.3. The summed E-state index contributed by atoms with van der Waals surface area (Å²) in [7, 11) is 5.91. The quantitative estimate of drug-likeness (QED) is 0.0195. The first-order valence-corrected chi connectivity index (χ1v) is 28.6. The molecule has 0 heterocycles. The van der Waals surface area contributed by atoms with Gasteiger partial charge in [0, 0.05) is 12.8 Å². The van der Waals surface area contributed by atoms with Crippen molar-refractivity contribution < 1.29 is 42.9 Å². The number of rotatable bonds is 52. The van der Waals surface area contributed by atoms with Crippen molar-refractivity contribution in [2.45, 2.75) is 251 Å². The third-order valence-corrected chi connectivity index (χ3v) is 12.2. The maximum Gasteiger partial charge on any atom is 0.306 e. The second kappa shape index (κ2) is 52.1. The summed E-state index contributed by atoms with van der Waals surface area (Å²) in [4.78, 5) is 37.0. The highest BCUT2D eigenvalue weighted by Gasteiger charge is 2.22. The second-order valence-electron chi connectivity index (χ2n) is 20.2. The molecule has 0 aliphatic carbocycles. The third kappa shape index (κ3) is 52.6. The van der Waals surface area contributed by atoms with Gasteiger partial charge in [0.05, 0.1) is 40.3 Å². The highest BCUT2D eigenvalue weighted by atomic mass is 16.7. The lowest BCUT2D eigenvalue weighted by Crippen LogP contribution is -2.44. The molecule has 0 amide bonds. The van der Waals surface area contributed by atoms with Crippen LogP contribution in [0.25, 0.3) is 0 Å². The monoisotopic (exact) mass is 982 g/mol. The zero-order valence-corrected chi connectivity index (χ0v) is 45.9. The van der Waals surface area contributed by atoms with Crippen molar-refractivity contribution in [3.63, 3.8) is 0 Å². The Hall–Kier alpha value is -3.27. The van der Waals surface area contributed by atoms with E-state index in [0.717, 1.165) is 70.6 Å². The number of aliphatic carboxylic acids is 1. The number of nitrogens with zero attached hydrogens (tertiary/aromatic N) is 1. The average Bonchev–Trinajstić information content (AvgIpc) is 3.33. The van der Waals surface area contributed by atoms with Crippen LogP contribution >= 0.6 is 0 Å². The molecule has 0 aromatic carbocycles. The number of ether oxygens (including phenoxy) is 4. The van der Waals surface area contributed by atoms with Crippen LogP contribution in [0.1, 0.15) is 239 Å². The summed E-state index contributed by atoms with van der Waals surface area (Å²) in [6.07, 6.45) is 64.2. The van der Waals surface area contributed by atoms with Crippen LogP contribution in [0, 0.1) is 0 Å². The molecule has 0 saturated heterocycles. The fourth-order valence-corrected chi connectivity index (χ4v) is 7.83. The summed E-state index contributed by atoms with van der Waals surface area (Å²) < 4.78 is 22.6. The Morgan fingerprint density at radius 3 is 1.21 bits per heavy atom. The largest absolute Gasteiger partial charge is 0.545 e. The first-order valence-electron chi connectivity index (χ1n) is 28.6. The fourth-order valence-electron chi connectivity index (χ4n) is 7.83. The van der Waals surface area contributed by atoms with Gasteiger partial charge in [0.15, 0.2) is 12.4 Å². The summed E-state index contributed by atoms with van der Waals surface area (Å²) in [6.45, 7) is 4.60. The van der Waals surface area contributed by atoms with Crippen LogP contribution in [0.5, 0.6) is 0 Å². The highest BCUT2D eigenvalue weighted by molar-refractivity contribution is 5.70. The number of carbonyl (C=O) groups excluding carboxylic acids is 3. The van der Waals surface area contributed by atoms with E-state index in [4.69, 9.17) is 18.9 Å². The Balaban J connectivity index is 3.95. The lowest BCUT2D eigenvalue weighted by Gasteiger charge is -2.26. The van der Waals surface area contributed by atoms with Gasteiger partial charge in [0.1, 0.15) is 13.2 Å². The van der Waals surface area contributed by atoms with E-state index in [1.54, 1.807) is 0 Å². The minimum absolute atomic E-state index is 0.148. The van der Waals surface area contributed by atoms with Crippen molar-refractivity contribution in [3.8, 4) is 0 Å². The van der Waals surface area contributed by atoms with E-state index in [0.29, 0.717) is 23.9 Å². The Morgan fingerprint density at radius 2 is 0.814 bits per heavy atom. The molecule has 0 aromatic rings. The van der Waals surface area contributed by atoms with Gasteiger partial charge in [-0.15, -0.1) is 0 Å². The molecule has 9 heteroatoms. The summed E-state index contributed by atoms with van der Waals surface area (Å²) >= 11 is 0. The van der Waals surface area contributed by atoms with Crippen molar-refractivity contribution in [1.82, 2.24) is 0 Å². The number of esters is 2. The first kappa shape index (κ1) is 66.7. The van der Waals surface area contributed by atoms with Crippen molar-refractivity contribution in [3.05, 3.63) is 72.9 Å². The second-order valence-corrected chi connectivity index (χ2v) is 20.2. The lowest BCUT2D eigenvalue weighted by molar-refractivity contribution is -0.870. The SMILES string of the molecule is CC/C=C\C/C=C\C/C=C\C/C=C\C/C=C\C/C=C\CCCCCCCCCCCCCCCCCCCCC(=O)OC(COC(=O)CCCCCCCCCC)COC(OCC[N+](C)(C)C)C(=O)[O-]. The lowest BCUT2D eigenvalue weighted by atomic mass is 10.0. The van der Waals surface area contributed by atoms with Gasteiger partial charge >= 0.3 is 11.9 Å². The summed E-state index contributed by atoms with van der Waals surface area (Å²) in [5.74, 6) is -2.28. The highest BCUT2D eigenvalue weighted by Crippen LogP contribution is 2.16. The number of carboxylic acid groups (broad SMARTS) is 1. The molecule has 0 N–H and O–H groups in total. The Labute approximate surface area is 430 Å². The predicted octanol–water partition coefficient (Wildman–Crippen LogP) is 15.3. The zero-order chi connectivity index (χ0) is 51.3. The van der Waals surface area contributed by atoms with Gasteiger partial charge in [-0.1, -0.05) is 234 Å². The Morgan fingerprint density at radius 1 is 0.443 bits per heavy atom. The van der Waals surface area contributed by atoms with Gasteiger partial charge in [-0.05, 0) is 64.2 Å². The van der Waals surface area contributed by atoms with E-state index in [-0.39, 0.29) is 32.2 Å². The first-order chi connectivity index (χ1) is 34.1. The molecule has 404 valence electrons. The zero-order valence-electron chi connectivity index (χ0n) is 45.9. The van der Waals surface area contributed by atoms with Crippen LogP contribution in [0.4, 0.5) is 0 Å². The van der Waals surface area contributed by atoms with Crippen LogP contribution in [0.2, 0.25) is 0 Å². The standard InChI is InChI=1S/C61H107NO8/c1-6-8-10-12-14-16-17-18-19-20-21-22-23-24-25-26-27-28-29-30-31-32-33-34-35-36-37-38-39-40-41-42-43-44-46-48-50-52-59(64)70-57(56-69-61(60(65)66)67-54-53-62(3,4)5)55-68-58(63)51-49-47-45-15-13-11-9-7-2/h8,10,14,16,18-19,21-22,24-25,27-28,57,61H,6-7,9,11-13,15,17,20,23,26,29-56H2,1-5H3/b10-8-,16-14-,19-18-,22-21-,25-24-,28-27-. The Bertz CT molecular complexity index is 1380. The van der Waals surface area contributed by atoms with E-state index in [2.05, 4.69) is 86.8 Å². The minimum Gasteiger partial charge on any atom is -0.545 e. The molecule has 0 bridgehead atoms. The fraction of sp³-hybridized carbons (Fsp3) is 0.754. The van der Waals surface area contributed by atoms with Crippen molar-refractivity contribution in [2.24, 2.45) is 0 Å². The maximum absolute atomic E-state index is 12.8. The number of quaternary nitrogens is 1. The van der Waals surface area contributed by atoms with Crippen molar-refractivity contribution in [1.29, 1.82) is 0 Å². The summed E-state index contributed by atoms with van der Waals surface area (Å²) in [5.41, 5.74) is 0. The van der Waals surface area contributed by atoms with Gasteiger partial charge < -0.3 is 33.3 Å². The van der Waals surface area contributed by atoms with Crippen molar-refractivity contribution in [2.75, 3.05) is 47.5 Å². The molecular formula is C61H107NO8. The van der Waals surface area contributed by atoms with Crippen LogP contribution in [0.3, 0.4) is 0 Å². The average molecular weight is 983 g/mol. The van der Waals surface area contributed by atoms with Crippen LogP contribution in [-0.2, 0) is 33.3 Å². The smallest absolute Gasteiger partial charge is 0.306 e. The molecule has 2 atom stereocenters. The molecule has 0 fully saturated rings. The van der Waals surface area contributed by atoms with E-state index < -0.39 is 24.3 Å². The van der Waals surface area contributed by atoms with Crippen LogP contribution in [-0.4, -0.2) is 82.3 Å². The number of hydrogen-bond acceptors (Lipinski definition) is 8.